The number of rotatable bonds is 48. The molecule has 8 atom stereocenters. The molecule has 436 valence electrons. The van der Waals surface area contributed by atoms with E-state index in [-0.39, 0.29) is 19.4 Å². The van der Waals surface area contributed by atoms with E-state index in [4.69, 9.17) is 14.2 Å². The average molecular weight is 1070 g/mol. The highest BCUT2D eigenvalue weighted by atomic mass is 16.7. The van der Waals surface area contributed by atoms with E-state index in [1.165, 1.54) is 38.5 Å². The van der Waals surface area contributed by atoms with Gasteiger partial charge in [-0.1, -0.05) is 238 Å². The van der Waals surface area contributed by atoms with Crippen molar-refractivity contribution in [2.75, 3.05) is 13.2 Å². The number of allylic oxidation sites excluding steroid dienone is 21. The van der Waals surface area contributed by atoms with Gasteiger partial charge >= 0.3 is 5.97 Å². The highest BCUT2D eigenvalue weighted by molar-refractivity contribution is 5.80. The van der Waals surface area contributed by atoms with Crippen LogP contribution in [0.4, 0.5) is 0 Å². The van der Waals surface area contributed by atoms with Gasteiger partial charge in [0.15, 0.2) is 12.4 Å². The number of hydrogen-bond donors (Lipinski definition) is 6. The van der Waals surface area contributed by atoms with Crippen molar-refractivity contribution in [1.82, 2.24) is 5.32 Å². The Hall–Kier alpha value is -4.20. The number of unbranched alkanes of at least 4 members (excludes halogenated alkanes) is 17. The van der Waals surface area contributed by atoms with Crippen molar-refractivity contribution in [1.29, 1.82) is 0 Å². The molecule has 1 aliphatic heterocycles. The van der Waals surface area contributed by atoms with Crippen molar-refractivity contribution in [3.05, 3.63) is 134 Å². The number of aliphatic hydroxyl groups excluding tert-OH is 5. The summed E-state index contributed by atoms with van der Waals surface area (Å²) in [6.07, 6.45) is 63.5. The second kappa shape index (κ2) is 52.5. The summed E-state index contributed by atoms with van der Waals surface area (Å²) in [7, 11) is 0. The molecule has 0 aromatic carbocycles. The van der Waals surface area contributed by atoms with Gasteiger partial charge in [0.2, 0.25) is 5.91 Å². The number of carbonyl (C=O) groups is 2. The second-order valence-corrected chi connectivity index (χ2v) is 20.1. The van der Waals surface area contributed by atoms with Gasteiger partial charge in [0.1, 0.15) is 24.4 Å². The molecule has 1 fully saturated rings. The number of carbonyl (C=O) groups excluding carboxylic acids is 2. The number of amides is 1. The van der Waals surface area contributed by atoms with E-state index in [2.05, 4.69) is 111 Å². The first-order valence-electron chi connectivity index (χ1n) is 30.0. The van der Waals surface area contributed by atoms with E-state index in [0.717, 1.165) is 122 Å². The fraction of sp³-hybridized carbons (Fsp3) is 0.636. The number of hydrogen-bond acceptors (Lipinski definition) is 10. The third-order valence-corrected chi connectivity index (χ3v) is 13.1. The summed E-state index contributed by atoms with van der Waals surface area (Å²) in [6.45, 7) is 5.47. The van der Waals surface area contributed by atoms with Gasteiger partial charge in [-0.05, 0) is 96.3 Å². The van der Waals surface area contributed by atoms with Crippen LogP contribution in [0.3, 0.4) is 0 Å². The van der Waals surface area contributed by atoms with Gasteiger partial charge in [-0.3, -0.25) is 9.59 Å². The third-order valence-electron chi connectivity index (χ3n) is 13.1. The summed E-state index contributed by atoms with van der Waals surface area (Å²) >= 11 is 0. The fourth-order valence-corrected chi connectivity index (χ4v) is 8.43. The van der Waals surface area contributed by atoms with Crippen LogP contribution in [0.25, 0.3) is 0 Å². The average Bonchev–Trinajstić information content (AvgIpc) is 3.43. The van der Waals surface area contributed by atoms with Crippen LogP contribution in [0.2, 0.25) is 0 Å². The molecule has 1 amide bonds. The van der Waals surface area contributed by atoms with Crippen molar-refractivity contribution in [3.8, 4) is 0 Å². The van der Waals surface area contributed by atoms with Gasteiger partial charge in [0.25, 0.3) is 0 Å². The first-order chi connectivity index (χ1) is 37.7. The Labute approximate surface area is 467 Å². The quantitative estimate of drug-likeness (QED) is 0.0149. The lowest BCUT2D eigenvalue weighted by molar-refractivity contribution is -0.305. The van der Waals surface area contributed by atoms with E-state index in [0.29, 0.717) is 12.8 Å². The van der Waals surface area contributed by atoms with Crippen LogP contribution in [0.5, 0.6) is 0 Å². The summed E-state index contributed by atoms with van der Waals surface area (Å²) < 4.78 is 17.6. The molecular weight excluding hydrogens is 967 g/mol. The summed E-state index contributed by atoms with van der Waals surface area (Å²) in [4.78, 5) is 26.5. The van der Waals surface area contributed by atoms with Crippen molar-refractivity contribution in [2.24, 2.45) is 0 Å². The van der Waals surface area contributed by atoms with Crippen LogP contribution in [0, 0.1) is 0 Å². The molecule has 0 aromatic rings. The van der Waals surface area contributed by atoms with Crippen molar-refractivity contribution in [2.45, 2.75) is 256 Å². The minimum absolute atomic E-state index is 0.0820. The minimum atomic E-state index is -1.64. The van der Waals surface area contributed by atoms with Gasteiger partial charge < -0.3 is 45.1 Å². The van der Waals surface area contributed by atoms with Crippen LogP contribution < -0.4 is 5.32 Å². The Bertz CT molecular complexity index is 1760. The SMILES string of the molecule is CC/C=C\C/C=C\C/C=C\C/C=C\C/C=C\C/C=C\CCCCCCC(=O)OC1C(OCC(NC(=O)C(O)CCCCCC\C=C/C=C/C=C/C=C/CC)C(O)/C=C/CCCCCCCCCCC)OC(CO)C(O)C1O. The maximum absolute atomic E-state index is 13.4. The summed E-state index contributed by atoms with van der Waals surface area (Å²) in [5.74, 6) is -1.26. The molecule has 1 heterocycles. The second-order valence-electron chi connectivity index (χ2n) is 20.1. The zero-order valence-corrected chi connectivity index (χ0v) is 48.0. The van der Waals surface area contributed by atoms with Crippen molar-refractivity contribution < 1.29 is 49.3 Å². The van der Waals surface area contributed by atoms with Crippen molar-refractivity contribution >= 4 is 11.9 Å². The third kappa shape index (κ3) is 40.6. The summed E-state index contributed by atoms with van der Waals surface area (Å²) in [6, 6.07) is -1.05. The Morgan fingerprint density at radius 3 is 1.56 bits per heavy atom. The molecule has 0 saturated carbocycles. The molecule has 0 radical (unpaired) electrons. The van der Waals surface area contributed by atoms with Crippen LogP contribution >= 0.6 is 0 Å². The standard InChI is InChI=1S/C66H107NO10/c1-4-7-10-13-16-19-22-24-26-27-28-29-30-31-32-33-34-36-39-42-45-48-51-54-61(71)77-64-63(73)62(72)60(55-68)76-66(64)75-56-57(58(69)52-49-46-43-40-37-21-18-15-12-9-6-3)67-65(74)59(70)53-50-47-44-41-38-35-25-23-20-17-14-11-8-5-2/h7-8,10-11,14,16-17,19-20,23-26,28-29,31-32,34-36,49,52,57-60,62-64,66,68-70,72-73H,4-6,9,12-13,15,18,21-22,27,30,33,37-48,50-51,53-56H2,1-3H3,(H,67,74)/b10-7-,11-8+,17-14+,19-16-,23-20+,26-24-,29-28-,32-31-,35-25-,36-34-,52-49+. The molecule has 1 rings (SSSR count). The predicted molar refractivity (Wildman–Crippen MR) is 319 cm³/mol. The molecule has 0 aliphatic carbocycles. The molecule has 1 saturated heterocycles. The lowest BCUT2D eigenvalue weighted by Gasteiger charge is -2.41. The molecule has 1 aliphatic rings. The molecule has 6 N–H and O–H groups in total. The molecule has 0 spiro atoms. The zero-order valence-electron chi connectivity index (χ0n) is 48.0. The van der Waals surface area contributed by atoms with E-state index < -0.39 is 67.4 Å². The molecule has 11 nitrogen and oxygen atoms in total. The highest BCUT2D eigenvalue weighted by Gasteiger charge is 2.47. The first-order valence-corrected chi connectivity index (χ1v) is 30.0. The molecule has 8 unspecified atom stereocenters. The molecule has 0 bridgehead atoms. The number of nitrogens with one attached hydrogen (secondary N) is 1. The van der Waals surface area contributed by atoms with Crippen LogP contribution in [0.15, 0.2) is 134 Å². The Morgan fingerprint density at radius 2 is 1.00 bits per heavy atom. The Balaban J connectivity index is 2.70. The highest BCUT2D eigenvalue weighted by Crippen LogP contribution is 2.26. The molecule has 77 heavy (non-hydrogen) atoms. The normalized spacial score (nSPS) is 20.0. The number of aliphatic hydroxyl groups is 5. The maximum atomic E-state index is 13.4. The van der Waals surface area contributed by atoms with Gasteiger partial charge in [-0.25, -0.2) is 0 Å². The monoisotopic (exact) mass is 1070 g/mol. The smallest absolute Gasteiger partial charge is 0.306 e. The first kappa shape index (κ1) is 70.8. The van der Waals surface area contributed by atoms with E-state index >= 15 is 0 Å². The van der Waals surface area contributed by atoms with E-state index in [1.807, 2.05) is 42.5 Å². The van der Waals surface area contributed by atoms with Crippen LogP contribution in [0.1, 0.15) is 207 Å². The molecule has 0 aromatic heterocycles. The van der Waals surface area contributed by atoms with Crippen LogP contribution in [-0.2, 0) is 23.8 Å². The zero-order chi connectivity index (χ0) is 56.1. The maximum Gasteiger partial charge on any atom is 0.306 e. The number of ether oxygens (including phenoxy) is 3. The fourth-order valence-electron chi connectivity index (χ4n) is 8.43. The predicted octanol–water partition coefficient (Wildman–Crippen LogP) is 14.1. The lowest BCUT2D eigenvalue weighted by Crippen LogP contribution is -2.61. The topological polar surface area (TPSA) is 175 Å². The largest absolute Gasteiger partial charge is 0.454 e. The van der Waals surface area contributed by atoms with Crippen molar-refractivity contribution in [3.63, 3.8) is 0 Å². The van der Waals surface area contributed by atoms with Gasteiger partial charge in [-0.2, -0.15) is 0 Å². The van der Waals surface area contributed by atoms with Gasteiger partial charge in [-0.15, -0.1) is 0 Å². The summed E-state index contributed by atoms with van der Waals surface area (Å²) in [5.41, 5.74) is 0. The van der Waals surface area contributed by atoms with E-state index in [1.54, 1.807) is 6.08 Å². The van der Waals surface area contributed by atoms with Crippen LogP contribution in [-0.4, -0.2) is 99.6 Å². The molecule has 11 heteroatoms. The minimum Gasteiger partial charge on any atom is -0.454 e. The van der Waals surface area contributed by atoms with Gasteiger partial charge in [0, 0.05) is 6.42 Å². The Kier molecular flexibility index (Phi) is 48.3. The molecular formula is C66H107NO10. The summed E-state index contributed by atoms with van der Waals surface area (Å²) in [5, 5.41) is 56.8. The number of esters is 1. The Morgan fingerprint density at radius 1 is 0.532 bits per heavy atom. The van der Waals surface area contributed by atoms with E-state index in [9.17, 15) is 35.1 Å². The lowest BCUT2D eigenvalue weighted by atomic mass is 9.99. The van der Waals surface area contributed by atoms with Gasteiger partial charge in [0.05, 0.1) is 25.4 Å².